The van der Waals surface area contributed by atoms with Crippen molar-refractivity contribution >= 4 is 39.2 Å². The van der Waals surface area contributed by atoms with Gasteiger partial charge in [0.2, 0.25) is 0 Å². The van der Waals surface area contributed by atoms with Crippen LogP contribution in [-0.2, 0) is 9.53 Å². The molecule has 0 aliphatic carbocycles. The minimum Gasteiger partial charge on any atom is -0.449 e. The van der Waals surface area contributed by atoms with E-state index in [4.69, 9.17) is 4.74 Å². The zero-order valence-electron chi connectivity index (χ0n) is 18.4. The first-order valence-corrected chi connectivity index (χ1v) is 10.9. The quantitative estimate of drug-likeness (QED) is 0.353. The van der Waals surface area contributed by atoms with Gasteiger partial charge in [-0.05, 0) is 42.6 Å². The Labute approximate surface area is 196 Å². The summed E-state index contributed by atoms with van der Waals surface area (Å²) in [7, 11) is 0. The van der Waals surface area contributed by atoms with E-state index in [2.05, 4.69) is 15.3 Å². The average molecular weight is 447 g/mol. The third kappa shape index (κ3) is 4.21. The van der Waals surface area contributed by atoms with Gasteiger partial charge in [-0.3, -0.25) is 9.78 Å². The van der Waals surface area contributed by atoms with Gasteiger partial charge >= 0.3 is 5.97 Å². The summed E-state index contributed by atoms with van der Waals surface area (Å²) in [5.74, 6) is -0.994. The van der Waals surface area contributed by atoms with Gasteiger partial charge in [-0.1, -0.05) is 54.6 Å². The minimum atomic E-state index is -0.997. The van der Waals surface area contributed by atoms with Crippen LogP contribution in [0.4, 0.5) is 5.69 Å². The summed E-state index contributed by atoms with van der Waals surface area (Å²) in [4.78, 5) is 34.8. The Morgan fingerprint density at radius 2 is 1.56 bits per heavy atom. The third-order valence-electron chi connectivity index (χ3n) is 5.61. The lowest BCUT2D eigenvalue weighted by atomic mass is 10.0. The van der Waals surface area contributed by atoms with E-state index >= 15 is 0 Å². The van der Waals surface area contributed by atoms with Crippen LogP contribution in [0, 0.1) is 0 Å². The van der Waals surface area contributed by atoms with Gasteiger partial charge in [0.05, 0.1) is 16.8 Å². The number of fused-ring (bicyclic) bond motifs is 2. The molecule has 3 aromatic carbocycles. The highest BCUT2D eigenvalue weighted by molar-refractivity contribution is 6.07. The van der Waals surface area contributed by atoms with Crippen LogP contribution in [0.3, 0.4) is 0 Å². The normalized spacial score (nSPS) is 11.8. The molecule has 1 amide bonds. The van der Waals surface area contributed by atoms with Crippen molar-refractivity contribution < 1.29 is 14.3 Å². The van der Waals surface area contributed by atoms with Crippen molar-refractivity contribution in [3.05, 3.63) is 103 Å². The first kappa shape index (κ1) is 21.3. The number of amides is 1. The van der Waals surface area contributed by atoms with Crippen molar-refractivity contribution in [1.82, 2.24) is 9.97 Å². The van der Waals surface area contributed by atoms with Crippen LogP contribution in [0.25, 0.3) is 32.9 Å². The number of esters is 1. The van der Waals surface area contributed by atoms with E-state index < -0.39 is 18.0 Å². The second-order valence-corrected chi connectivity index (χ2v) is 7.87. The predicted octanol–water partition coefficient (Wildman–Crippen LogP) is 5.63. The molecular weight excluding hydrogens is 426 g/mol. The Hall–Kier alpha value is -4.58. The molecule has 0 saturated carbocycles. The SMILES string of the molecule is CC(OC(=O)c1cc(-c2ccncc2)nc2ccccc12)C(=O)Nc1cccc2ccccc12. The Bertz CT molecular complexity index is 1510. The molecule has 0 saturated heterocycles. The molecule has 34 heavy (non-hydrogen) atoms. The van der Waals surface area contributed by atoms with Crippen molar-refractivity contribution in [3.8, 4) is 11.3 Å². The maximum atomic E-state index is 13.2. The van der Waals surface area contributed by atoms with Crippen LogP contribution in [0.1, 0.15) is 17.3 Å². The number of rotatable bonds is 5. The number of anilines is 1. The van der Waals surface area contributed by atoms with Gasteiger partial charge in [0.15, 0.2) is 6.10 Å². The number of hydrogen-bond acceptors (Lipinski definition) is 5. The molecule has 2 aromatic heterocycles. The van der Waals surface area contributed by atoms with Crippen molar-refractivity contribution in [3.63, 3.8) is 0 Å². The van der Waals surface area contributed by atoms with E-state index in [9.17, 15) is 9.59 Å². The Morgan fingerprint density at radius 3 is 2.38 bits per heavy atom. The van der Waals surface area contributed by atoms with Crippen molar-refractivity contribution in [2.75, 3.05) is 5.32 Å². The number of para-hydroxylation sites is 1. The number of aromatic nitrogens is 2. The van der Waals surface area contributed by atoms with Crippen molar-refractivity contribution in [2.45, 2.75) is 13.0 Å². The fourth-order valence-corrected chi connectivity index (χ4v) is 3.86. The summed E-state index contributed by atoms with van der Waals surface area (Å²) < 4.78 is 5.59. The number of ether oxygens (including phenoxy) is 1. The van der Waals surface area contributed by atoms with E-state index in [1.807, 2.05) is 78.9 Å². The molecular formula is C28H21N3O3. The lowest BCUT2D eigenvalue weighted by Crippen LogP contribution is -2.30. The highest BCUT2D eigenvalue weighted by Crippen LogP contribution is 2.26. The second-order valence-electron chi connectivity index (χ2n) is 7.87. The second kappa shape index (κ2) is 9.11. The number of carbonyl (C=O) groups excluding carboxylic acids is 2. The summed E-state index contributed by atoms with van der Waals surface area (Å²) in [6, 6.07) is 26.1. The first-order chi connectivity index (χ1) is 16.6. The Balaban J connectivity index is 1.41. The Kier molecular flexibility index (Phi) is 5.70. The zero-order chi connectivity index (χ0) is 23.5. The average Bonchev–Trinajstić information content (AvgIpc) is 2.88. The van der Waals surface area contributed by atoms with E-state index in [1.165, 1.54) is 0 Å². The van der Waals surface area contributed by atoms with Gasteiger partial charge in [-0.25, -0.2) is 9.78 Å². The molecule has 6 nitrogen and oxygen atoms in total. The topological polar surface area (TPSA) is 81.2 Å². The van der Waals surface area contributed by atoms with Crippen LogP contribution >= 0.6 is 0 Å². The third-order valence-corrected chi connectivity index (χ3v) is 5.61. The molecule has 2 heterocycles. The number of pyridine rings is 2. The van der Waals surface area contributed by atoms with E-state index in [-0.39, 0.29) is 0 Å². The van der Waals surface area contributed by atoms with Gasteiger partial charge < -0.3 is 10.1 Å². The molecule has 1 N–H and O–H groups in total. The monoisotopic (exact) mass is 447 g/mol. The maximum absolute atomic E-state index is 13.2. The minimum absolute atomic E-state index is 0.349. The molecule has 0 aliphatic heterocycles. The highest BCUT2D eigenvalue weighted by Gasteiger charge is 2.22. The number of carbonyl (C=O) groups is 2. The predicted molar refractivity (Wildman–Crippen MR) is 132 cm³/mol. The molecule has 0 fully saturated rings. The molecule has 5 rings (SSSR count). The molecule has 0 spiro atoms. The number of nitrogens with zero attached hydrogens (tertiary/aromatic N) is 2. The molecule has 0 bridgehead atoms. The zero-order valence-corrected chi connectivity index (χ0v) is 18.4. The molecule has 166 valence electrons. The highest BCUT2D eigenvalue weighted by atomic mass is 16.5. The van der Waals surface area contributed by atoms with Crippen LogP contribution < -0.4 is 5.32 Å². The summed E-state index contributed by atoms with van der Waals surface area (Å²) >= 11 is 0. The fraction of sp³-hybridized carbons (Fsp3) is 0.0714. The maximum Gasteiger partial charge on any atom is 0.339 e. The lowest BCUT2D eigenvalue weighted by Gasteiger charge is -2.16. The van der Waals surface area contributed by atoms with E-state index in [0.717, 1.165) is 16.3 Å². The van der Waals surface area contributed by atoms with Crippen LogP contribution in [0.5, 0.6) is 0 Å². The molecule has 5 aromatic rings. The molecule has 0 radical (unpaired) electrons. The number of hydrogen-bond donors (Lipinski definition) is 1. The molecule has 1 atom stereocenters. The van der Waals surface area contributed by atoms with Gasteiger partial charge in [0.25, 0.3) is 5.91 Å². The smallest absolute Gasteiger partial charge is 0.339 e. The summed E-state index contributed by atoms with van der Waals surface area (Å²) in [5.41, 5.74) is 3.14. The fourth-order valence-electron chi connectivity index (χ4n) is 3.86. The van der Waals surface area contributed by atoms with E-state index in [0.29, 0.717) is 27.8 Å². The molecule has 6 heteroatoms. The van der Waals surface area contributed by atoms with Gasteiger partial charge in [0, 0.05) is 34.4 Å². The molecule has 1 unspecified atom stereocenters. The number of nitrogens with one attached hydrogen (secondary N) is 1. The largest absolute Gasteiger partial charge is 0.449 e. The Morgan fingerprint density at radius 1 is 0.853 bits per heavy atom. The standard InChI is InChI=1S/C28H21N3O3/c1-18(27(32)31-24-12-6-8-19-7-2-3-9-21(19)24)34-28(33)23-17-26(20-13-15-29-16-14-20)30-25-11-5-4-10-22(23)25/h2-18H,1H3,(H,31,32). The van der Waals surface area contributed by atoms with Gasteiger partial charge in [0.1, 0.15) is 0 Å². The van der Waals surface area contributed by atoms with Gasteiger partial charge in [-0.2, -0.15) is 0 Å². The molecule has 0 aliphatic rings. The van der Waals surface area contributed by atoms with Gasteiger partial charge in [-0.15, -0.1) is 0 Å². The summed E-state index contributed by atoms with van der Waals surface area (Å²) in [6.45, 7) is 1.56. The summed E-state index contributed by atoms with van der Waals surface area (Å²) in [6.07, 6.45) is 2.34. The summed E-state index contributed by atoms with van der Waals surface area (Å²) in [5, 5.41) is 5.47. The van der Waals surface area contributed by atoms with E-state index in [1.54, 1.807) is 25.4 Å². The first-order valence-electron chi connectivity index (χ1n) is 10.9. The van der Waals surface area contributed by atoms with Crippen LogP contribution in [0.2, 0.25) is 0 Å². The van der Waals surface area contributed by atoms with Crippen LogP contribution in [0.15, 0.2) is 97.3 Å². The van der Waals surface area contributed by atoms with Crippen molar-refractivity contribution in [1.29, 1.82) is 0 Å². The lowest BCUT2D eigenvalue weighted by molar-refractivity contribution is -0.123. The van der Waals surface area contributed by atoms with Crippen molar-refractivity contribution in [2.24, 2.45) is 0 Å². The number of benzene rings is 3. The van der Waals surface area contributed by atoms with Crippen LogP contribution in [-0.4, -0.2) is 27.9 Å².